The van der Waals surface area contributed by atoms with Gasteiger partial charge in [-0.15, -0.1) is 0 Å². The van der Waals surface area contributed by atoms with E-state index in [1.807, 2.05) is 6.07 Å². The van der Waals surface area contributed by atoms with Gasteiger partial charge in [0.25, 0.3) is 5.91 Å². The fourth-order valence-electron chi connectivity index (χ4n) is 4.03. The lowest BCUT2D eigenvalue weighted by atomic mass is 10.1. The van der Waals surface area contributed by atoms with Crippen molar-refractivity contribution in [2.45, 2.75) is 49.3 Å². The number of nitrogens with zero attached hydrogens (tertiary/aromatic N) is 2. The number of carbonyl (C=O) groups is 1. The van der Waals surface area contributed by atoms with E-state index >= 15 is 0 Å². The molecule has 0 bridgehead atoms. The van der Waals surface area contributed by atoms with Crippen LogP contribution in [0.5, 0.6) is 0 Å². The largest absolute Gasteiger partial charge is 0.467 e. The van der Waals surface area contributed by atoms with Gasteiger partial charge in [0, 0.05) is 31.8 Å². The Morgan fingerprint density at radius 1 is 1.13 bits per heavy atom. The third-order valence-electron chi connectivity index (χ3n) is 5.82. The highest BCUT2D eigenvalue weighted by Gasteiger charge is 2.29. The zero-order valence-corrected chi connectivity index (χ0v) is 18.2. The van der Waals surface area contributed by atoms with Gasteiger partial charge in [0.1, 0.15) is 5.76 Å². The summed E-state index contributed by atoms with van der Waals surface area (Å²) >= 11 is 0. The number of furan rings is 1. The molecule has 2 aliphatic rings. The molecule has 0 saturated carbocycles. The molecule has 1 N–H and O–H groups in total. The number of sulfonamides is 1. The fraction of sp³-hybridized carbons (Fsp3) is 0.500. The van der Waals surface area contributed by atoms with Crippen LogP contribution >= 0.6 is 0 Å². The molecule has 3 heterocycles. The minimum absolute atomic E-state index is 0.00647. The maximum Gasteiger partial charge on any atom is 0.254 e. The first-order chi connectivity index (χ1) is 14.9. The van der Waals surface area contributed by atoms with E-state index in [2.05, 4.69) is 0 Å². The minimum Gasteiger partial charge on any atom is -0.467 e. The van der Waals surface area contributed by atoms with Gasteiger partial charge in [0.2, 0.25) is 10.0 Å². The van der Waals surface area contributed by atoms with Crippen molar-refractivity contribution in [2.75, 3.05) is 26.2 Å². The first kappa shape index (κ1) is 22.0. The Morgan fingerprint density at radius 2 is 1.87 bits per heavy atom. The zero-order valence-electron chi connectivity index (χ0n) is 17.4. The monoisotopic (exact) mass is 448 g/mol. The molecule has 2 saturated heterocycles. The van der Waals surface area contributed by atoms with E-state index in [0.29, 0.717) is 57.0 Å². The van der Waals surface area contributed by atoms with Gasteiger partial charge in [0.15, 0.2) is 0 Å². The maximum absolute atomic E-state index is 13.2. The highest BCUT2D eigenvalue weighted by molar-refractivity contribution is 7.89. The quantitative estimate of drug-likeness (QED) is 0.697. The molecule has 1 amide bonds. The van der Waals surface area contributed by atoms with E-state index in [-0.39, 0.29) is 16.9 Å². The van der Waals surface area contributed by atoms with Crippen molar-refractivity contribution >= 4 is 15.9 Å². The molecule has 1 aromatic heterocycles. The van der Waals surface area contributed by atoms with Crippen LogP contribution in [0.4, 0.5) is 0 Å². The molecule has 0 aliphatic carbocycles. The molecule has 9 heteroatoms. The average molecular weight is 449 g/mol. The van der Waals surface area contributed by atoms with Crippen LogP contribution in [-0.4, -0.2) is 67.1 Å². The molecule has 2 aliphatic heterocycles. The van der Waals surface area contributed by atoms with E-state index in [9.17, 15) is 18.3 Å². The van der Waals surface area contributed by atoms with E-state index in [1.54, 1.807) is 29.4 Å². The SMILES string of the molecule is O=C(c1ccc(S(=O)(=O)N2CCC(O)CC2)cc1)N(Cc1ccco1)CC1CCCO1. The van der Waals surface area contributed by atoms with Crippen molar-refractivity contribution in [3.8, 4) is 0 Å². The summed E-state index contributed by atoms with van der Waals surface area (Å²) in [6, 6.07) is 9.66. The Balaban J connectivity index is 1.49. The molecular formula is C22H28N2O6S. The number of carbonyl (C=O) groups excluding carboxylic acids is 1. The number of aliphatic hydroxyl groups excluding tert-OH is 1. The van der Waals surface area contributed by atoms with Gasteiger partial charge >= 0.3 is 0 Å². The molecule has 1 unspecified atom stereocenters. The summed E-state index contributed by atoms with van der Waals surface area (Å²) in [7, 11) is -3.65. The molecule has 1 aromatic carbocycles. The number of benzene rings is 1. The standard InChI is InChI=1S/C22H28N2O6S/c25-18-9-11-24(12-10-18)31(27,28)21-7-5-17(6-8-21)22(26)23(15-19-3-1-13-29-19)16-20-4-2-14-30-20/h1,3,5-8,13,18,20,25H,2,4,9-12,14-16H2. The van der Waals surface area contributed by atoms with Crippen LogP contribution in [-0.2, 0) is 21.3 Å². The Labute approximate surface area is 182 Å². The van der Waals surface area contributed by atoms with Gasteiger partial charge in [-0.2, -0.15) is 4.31 Å². The van der Waals surface area contributed by atoms with Crippen LogP contribution in [0.1, 0.15) is 41.8 Å². The Morgan fingerprint density at radius 3 is 2.48 bits per heavy atom. The van der Waals surface area contributed by atoms with Gasteiger partial charge < -0.3 is 19.2 Å². The van der Waals surface area contributed by atoms with Crippen LogP contribution in [0.15, 0.2) is 52.0 Å². The first-order valence-corrected chi connectivity index (χ1v) is 12.1. The molecule has 4 rings (SSSR count). The molecular weight excluding hydrogens is 420 g/mol. The van der Waals surface area contributed by atoms with Gasteiger partial charge in [0.05, 0.1) is 29.9 Å². The van der Waals surface area contributed by atoms with Crippen LogP contribution in [0.25, 0.3) is 0 Å². The highest BCUT2D eigenvalue weighted by Crippen LogP contribution is 2.22. The summed E-state index contributed by atoms with van der Waals surface area (Å²) in [6.07, 6.45) is 3.87. The Hall–Kier alpha value is -2.20. The topological polar surface area (TPSA) is 100 Å². The Bertz CT molecular complexity index is 960. The third-order valence-corrected chi connectivity index (χ3v) is 7.74. The minimum atomic E-state index is -3.65. The normalized spacial score (nSPS) is 20.7. The molecule has 8 nitrogen and oxygen atoms in total. The summed E-state index contributed by atoms with van der Waals surface area (Å²) in [5.41, 5.74) is 0.414. The van der Waals surface area contributed by atoms with Crippen LogP contribution in [0.3, 0.4) is 0 Å². The molecule has 1 atom stereocenters. The lowest BCUT2D eigenvalue weighted by Crippen LogP contribution is -2.40. The molecule has 31 heavy (non-hydrogen) atoms. The van der Waals surface area contributed by atoms with Crippen LogP contribution in [0.2, 0.25) is 0 Å². The summed E-state index contributed by atoms with van der Waals surface area (Å²) < 4.78 is 38.2. The van der Waals surface area contributed by atoms with Crippen molar-refractivity contribution in [3.05, 3.63) is 54.0 Å². The maximum atomic E-state index is 13.2. The second-order valence-electron chi connectivity index (χ2n) is 8.06. The van der Waals surface area contributed by atoms with E-state index in [0.717, 1.165) is 12.8 Å². The summed E-state index contributed by atoms with van der Waals surface area (Å²) in [6.45, 7) is 2.07. The van der Waals surface area contributed by atoms with Crippen molar-refractivity contribution < 1.29 is 27.5 Å². The lowest BCUT2D eigenvalue weighted by Gasteiger charge is -2.28. The number of amides is 1. The van der Waals surface area contributed by atoms with Crippen LogP contribution < -0.4 is 0 Å². The Kier molecular flexibility index (Phi) is 6.76. The number of aliphatic hydroxyl groups is 1. The number of rotatable bonds is 7. The van der Waals surface area contributed by atoms with Gasteiger partial charge in [-0.25, -0.2) is 8.42 Å². The smallest absolute Gasteiger partial charge is 0.254 e. The molecule has 2 fully saturated rings. The second-order valence-corrected chi connectivity index (χ2v) is 10.00. The summed E-state index contributed by atoms with van der Waals surface area (Å²) in [5, 5.41) is 9.63. The van der Waals surface area contributed by atoms with Crippen molar-refractivity contribution in [2.24, 2.45) is 0 Å². The first-order valence-electron chi connectivity index (χ1n) is 10.6. The van der Waals surface area contributed by atoms with E-state index in [1.165, 1.54) is 16.4 Å². The zero-order chi connectivity index (χ0) is 21.8. The van der Waals surface area contributed by atoms with Gasteiger partial charge in [-0.3, -0.25) is 4.79 Å². The van der Waals surface area contributed by atoms with Crippen molar-refractivity contribution in [1.29, 1.82) is 0 Å². The number of hydrogen-bond acceptors (Lipinski definition) is 6. The van der Waals surface area contributed by atoms with Crippen LogP contribution in [0, 0.1) is 0 Å². The predicted octanol–water partition coefficient (Wildman–Crippen LogP) is 2.25. The highest BCUT2D eigenvalue weighted by atomic mass is 32.2. The van der Waals surface area contributed by atoms with E-state index < -0.39 is 16.1 Å². The second kappa shape index (κ2) is 9.52. The molecule has 0 spiro atoms. The average Bonchev–Trinajstić information content (AvgIpc) is 3.48. The lowest BCUT2D eigenvalue weighted by molar-refractivity contribution is 0.0491. The van der Waals surface area contributed by atoms with Gasteiger partial charge in [-0.05, 0) is 62.1 Å². The summed E-state index contributed by atoms with van der Waals surface area (Å²) in [4.78, 5) is 15.0. The number of piperidine rings is 1. The van der Waals surface area contributed by atoms with Crippen molar-refractivity contribution in [3.63, 3.8) is 0 Å². The van der Waals surface area contributed by atoms with E-state index in [4.69, 9.17) is 9.15 Å². The van der Waals surface area contributed by atoms with Gasteiger partial charge in [-0.1, -0.05) is 0 Å². The number of ether oxygens (including phenoxy) is 1. The third kappa shape index (κ3) is 5.17. The summed E-state index contributed by atoms with van der Waals surface area (Å²) in [5.74, 6) is 0.481. The van der Waals surface area contributed by atoms with Crippen molar-refractivity contribution in [1.82, 2.24) is 9.21 Å². The number of hydrogen-bond donors (Lipinski definition) is 1. The fourth-order valence-corrected chi connectivity index (χ4v) is 5.50. The predicted molar refractivity (Wildman–Crippen MR) is 113 cm³/mol. The molecule has 2 aromatic rings. The molecule has 0 radical (unpaired) electrons. The molecule has 168 valence electrons.